The third-order valence-electron chi connectivity index (χ3n) is 3.99. The molecule has 0 aliphatic carbocycles. The fourth-order valence-corrected chi connectivity index (χ4v) is 4.26. The predicted molar refractivity (Wildman–Crippen MR) is 89.0 cm³/mol. The molecule has 0 bridgehead atoms. The number of hydrogen-bond donors (Lipinski definition) is 0. The number of ether oxygens (including phenoxy) is 1. The Labute approximate surface area is 145 Å². The summed E-state index contributed by atoms with van der Waals surface area (Å²) in [7, 11) is -2.06. The second-order valence-corrected chi connectivity index (χ2v) is 7.74. The molecule has 0 unspecified atom stereocenters. The van der Waals surface area contributed by atoms with Crippen molar-refractivity contribution in [2.24, 2.45) is 7.05 Å². The van der Waals surface area contributed by atoms with Crippen molar-refractivity contribution < 1.29 is 18.1 Å². The van der Waals surface area contributed by atoms with Gasteiger partial charge in [-0.2, -0.15) is 9.40 Å². The molecule has 0 spiro atoms. The van der Waals surface area contributed by atoms with Crippen LogP contribution in [0.1, 0.15) is 19.3 Å². The van der Waals surface area contributed by atoms with E-state index in [2.05, 4.69) is 5.10 Å². The normalized spacial score (nSPS) is 15.9. The number of sulfonamides is 1. The van der Waals surface area contributed by atoms with Crippen LogP contribution in [0.4, 0.5) is 5.69 Å². The quantitative estimate of drug-likeness (QED) is 0.593. The molecule has 0 radical (unpaired) electrons. The van der Waals surface area contributed by atoms with E-state index in [9.17, 15) is 18.5 Å². The van der Waals surface area contributed by atoms with E-state index in [1.165, 1.54) is 27.3 Å². The van der Waals surface area contributed by atoms with Crippen molar-refractivity contribution in [3.8, 4) is 11.5 Å². The summed E-state index contributed by atoms with van der Waals surface area (Å²) in [5.41, 5.74) is -0.401. The summed E-state index contributed by atoms with van der Waals surface area (Å²) in [6, 6.07) is 3.69. The van der Waals surface area contributed by atoms with Crippen molar-refractivity contribution in [2.45, 2.75) is 24.2 Å². The Morgan fingerprint density at radius 1 is 1.24 bits per heavy atom. The van der Waals surface area contributed by atoms with Crippen LogP contribution >= 0.6 is 0 Å². The first-order valence-electron chi connectivity index (χ1n) is 7.83. The van der Waals surface area contributed by atoms with Gasteiger partial charge in [0.2, 0.25) is 15.8 Å². The van der Waals surface area contributed by atoms with Gasteiger partial charge in [0.05, 0.1) is 22.2 Å². The lowest BCUT2D eigenvalue weighted by Gasteiger charge is -2.25. The molecular formula is C15H18N4O5S. The lowest BCUT2D eigenvalue weighted by atomic mass is 10.2. The van der Waals surface area contributed by atoms with Crippen molar-refractivity contribution in [1.82, 2.24) is 14.1 Å². The minimum absolute atomic E-state index is 0.0319. The minimum Gasteiger partial charge on any atom is -0.447 e. The van der Waals surface area contributed by atoms with Gasteiger partial charge >= 0.3 is 5.69 Å². The zero-order valence-electron chi connectivity index (χ0n) is 13.7. The van der Waals surface area contributed by atoms with E-state index >= 15 is 0 Å². The number of aryl methyl sites for hydroxylation is 1. The molecule has 0 amide bonds. The minimum atomic E-state index is -3.75. The van der Waals surface area contributed by atoms with Crippen LogP contribution in [0.3, 0.4) is 0 Å². The molecule has 0 atom stereocenters. The average Bonchev–Trinajstić information content (AvgIpc) is 3.00. The fourth-order valence-electron chi connectivity index (χ4n) is 2.72. The predicted octanol–water partition coefficient (Wildman–Crippen LogP) is 2.30. The first-order chi connectivity index (χ1) is 11.9. The number of hydrogen-bond acceptors (Lipinski definition) is 6. The number of piperidine rings is 1. The Morgan fingerprint density at radius 2 is 1.96 bits per heavy atom. The van der Waals surface area contributed by atoms with Crippen LogP contribution < -0.4 is 4.74 Å². The second-order valence-electron chi connectivity index (χ2n) is 5.80. The van der Waals surface area contributed by atoms with E-state index in [0.29, 0.717) is 18.8 Å². The summed E-state index contributed by atoms with van der Waals surface area (Å²) in [5, 5.41) is 15.3. The smallest absolute Gasteiger partial charge is 0.312 e. The molecule has 134 valence electrons. The molecule has 1 aliphatic rings. The first-order valence-corrected chi connectivity index (χ1v) is 9.27. The first kappa shape index (κ1) is 17.4. The van der Waals surface area contributed by atoms with Gasteiger partial charge in [-0.3, -0.25) is 14.8 Å². The van der Waals surface area contributed by atoms with Gasteiger partial charge in [-0.25, -0.2) is 8.42 Å². The maximum absolute atomic E-state index is 12.7. The Kier molecular flexibility index (Phi) is 4.73. The van der Waals surface area contributed by atoms with Gasteiger partial charge in [-0.05, 0) is 25.0 Å². The molecule has 2 aromatic rings. The van der Waals surface area contributed by atoms with Crippen molar-refractivity contribution in [2.75, 3.05) is 13.1 Å². The summed E-state index contributed by atoms with van der Waals surface area (Å²) >= 11 is 0. The van der Waals surface area contributed by atoms with Gasteiger partial charge in [0, 0.05) is 26.2 Å². The van der Waals surface area contributed by atoms with Gasteiger partial charge in [0.15, 0.2) is 5.75 Å². The monoisotopic (exact) mass is 366 g/mol. The summed E-state index contributed by atoms with van der Waals surface area (Å²) in [4.78, 5) is 10.6. The largest absolute Gasteiger partial charge is 0.447 e. The highest BCUT2D eigenvalue weighted by Crippen LogP contribution is 2.34. The third kappa shape index (κ3) is 3.64. The summed E-state index contributed by atoms with van der Waals surface area (Å²) in [6.45, 7) is 0.869. The highest BCUT2D eigenvalue weighted by atomic mass is 32.2. The topological polar surface area (TPSA) is 108 Å². The van der Waals surface area contributed by atoms with Crippen LogP contribution in [0, 0.1) is 10.1 Å². The molecule has 25 heavy (non-hydrogen) atoms. The summed E-state index contributed by atoms with van der Waals surface area (Å²) in [5.74, 6) is 0.299. The number of nitrogens with zero attached hydrogens (tertiary/aromatic N) is 4. The molecule has 1 saturated heterocycles. The molecule has 10 heteroatoms. The van der Waals surface area contributed by atoms with Gasteiger partial charge in [-0.1, -0.05) is 6.42 Å². The Balaban J connectivity index is 1.94. The molecule has 1 fully saturated rings. The van der Waals surface area contributed by atoms with Crippen LogP contribution in [-0.2, 0) is 17.1 Å². The number of rotatable bonds is 5. The van der Waals surface area contributed by atoms with Crippen LogP contribution in [0.25, 0.3) is 0 Å². The van der Waals surface area contributed by atoms with E-state index in [1.807, 2.05) is 0 Å². The fraction of sp³-hybridized carbons (Fsp3) is 0.400. The molecule has 1 aliphatic heterocycles. The highest BCUT2D eigenvalue weighted by molar-refractivity contribution is 7.89. The SMILES string of the molecule is Cn1cc(Oc2ccc(S(=O)(=O)N3CCCCC3)cc2[N+](=O)[O-])cn1. The van der Waals surface area contributed by atoms with Gasteiger partial charge < -0.3 is 4.74 Å². The summed E-state index contributed by atoms with van der Waals surface area (Å²) in [6.07, 6.45) is 5.56. The standard InChI is InChI=1S/C15H18N4O5S/c1-17-11-12(10-16-17)24-15-6-5-13(9-14(15)19(20)21)25(22,23)18-7-3-2-4-8-18/h5-6,9-11H,2-4,7-8H2,1H3. The van der Waals surface area contributed by atoms with E-state index < -0.39 is 20.6 Å². The average molecular weight is 366 g/mol. The molecule has 0 saturated carbocycles. The lowest BCUT2D eigenvalue weighted by Crippen LogP contribution is -2.35. The Hall–Kier alpha value is -2.46. The van der Waals surface area contributed by atoms with E-state index in [1.54, 1.807) is 13.2 Å². The van der Waals surface area contributed by atoms with Crippen LogP contribution in [0.15, 0.2) is 35.5 Å². The number of nitro benzene ring substituents is 1. The van der Waals surface area contributed by atoms with Crippen molar-refractivity contribution in [1.29, 1.82) is 0 Å². The van der Waals surface area contributed by atoms with Crippen molar-refractivity contribution in [3.63, 3.8) is 0 Å². The van der Waals surface area contributed by atoms with Crippen molar-refractivity contribution >= 4 is 15.7 Å². The Morgan fingerprint density at radius 3 is 2.56 bits per heavy atom. The zero-order valence-corrected chi connectivity index (χ0v) is 14.5. The van der Waals surface area contributed by atoms with Crippen LogP contribution in [0.2, 0.25) is 0 Å². The molecule has 1 aromatic heterocycles. The van der Waals surface area contributed by atoms with Gasteiger partial charge in [0.25, 0.3) is 0 Å². The summed E-state index contributed by atoms with van der Waals surface area (Å²) < 4.78 is 33.7. The highest BCUT2D eigenvalue weighted by Gasteiger charge is 2.29. The lowest BCUT2D eigenvalue weighted by molar-refractivity contribution is -0.385. The number of nitro groups is 1. The van der Waals surface area contributed by atoms with Crippen molar-refractivity contribution in [3.05, 3.63) is 40.7 Å². The van der Waals surface area contributed by atoms with Crippen LogP contribution in [-0.4, -0.2) is 40.5 Å². The zero-order chi connectivity index (χ0) is 18.0. The maximum Gasteiger partial charge on any atom is 0.312 e. The van der Waals surface area contributed by atoms with E-state index in [0.717, 1.165) is 25.3 Å². The number of benzene rings is 1. The molecule has 3 rings (SSSR count). The van der Waals surface area contributed by atoms with E-state index in [4.69, 9.17) is 4.74 Å². The van der Waals surface area contributed by atoms with Crippen LogP contribution in [0.5, 0.6) is 11.5 Å². The molecule has 0 N–H and O–H groups in total. The van der Waals surface area contributed by atoms with E-state index in [-0.39, 0.29) is 10.6 Å². The van der Waals surface area contributed by atoms with Gasteiger partial charge in [0.1, 0.15) is 0 Å². The molecular weight excluding hydrogens is 348 g/mol. The molecule has 2 heterocycles. The van der Waals surface area contributed by atoms with Gasteiger partial charge in [-0.15, -0.1) is 0 Å². The molecule has 1 aromatic carbocycles. The number of aromatic nitrogens is 2. The Bertz CT molecular complexity index is 887. The second kappa shape index (κ2) is 6.81. The molecule has 9 nitrogen and oxygen atoms in total. The maximum atomic E-state index is 12.7. The third-order valence-corrected chi connectivity index (χ3v) is 5.88.